The topological polar surface area (TPSA) is 29.5 Å². The van der Waals surface area contributed by atoms with E-state index in [2.05, 4.69) is 19.2 Å². The fourth-order valence-electron chi connectivity index (χ4n) is 1.74. The molecule has 0 aromatic heterocycles. The predicted octanol–water partition coefficient (Wildman–Crippen LogP) is 5.07. The van der Waals surface area contributed by atoms with Gasteiger partial charge in [-0.2, -0.15) is 0 Å². The SMILES string of the molecule is CCCCCCCCCCCCOP(O)S. The summed E-state index contributed by atoms with van der Waals surface area (Å²) in [6, 6.07) is 0. The molecule has 0 aromatic carbocycles. The van der Waals surface area contributed by atoms with E-state index in [-0.39, 0.29) is 0 Å². The second-order valence-corrected chi connectivity index (χ2v) is 6.06. The minimum Gasteiger partial charge on any atom is -0.342 e. The van der Waals surface area contributed by atoms with Crippen molar-refractivity contribution in [1.82, 2.24) is 0 Å². The van der Waals surface area contributed by atoms with E-state index in [0.29, 0.717) is 6.61 Å². The van der Waals surface area contributed by atoms with Gasteiger partial charge in [0.25, 0.3) is 0 Å². The van der Waals surface area contributed by atoms with Gasteiger partial charge in [0, 0.05) is 0 Å². The molecule has 2 nitrogen and oxygen atoms in total. The van der Waals surface area contributed by atoms with Gasteiger partial charge in [-0.1, -0.05) is 77.0 Å². The lowest BCUT2D eigenvalue weighted by Gasteiger charge is -2.04. The zero-order chi connectivity index (χ0) is 12.1. The molecular formula is C12H27O2PS. The Hall–Kier alpha value is 0.700. The van der Waals surface area contributed by atoms with Crippen molar-refractivity contribution in [3.05, 3.63) is 0 Å². The van der Waals surface area contributed by atoms with Crippen LogP contribution in [0, 0.1) is 0 Å². The van der Waals surface area contributed by atoms with Crippen molar-refractivity contribution in [2.45, 2.75) is 71.1 Å². The summed E-state index contributed by atoms with van der Waals surface area (Å²) >= 11 is 3.80. The van der Waals surface area contributed by atoms with Gasteiger partial charge in [0.05, 0.1) is 6.61 Å². The second-order valence-electron chi connectivity index (χ2n) is 4.27. The van der Waals surface area contributed by atoms with Crippen LogP contribution in [-0.2, 0) is 4.52 Å². The average molecular weight is 266 g/mol. The maximum atomic E-state index is 8.80. The van der Waals surface area contributed by atoms with Crippen LogP contribution in [0.2, 0.25) is 0 Å². The third-order valence-electron chi connectivity index (χ3n) is 2.70. The first-order chi connectivity index (χ1) is 7.77. The van der Waals surface area contributed by atoms with Gasteiger partial charge in [-0.3, -0.25) is 0 Å². The predicted molar refractivity (Wildman–Crippen MR) is 75.9 cm³/mol. The highest BCUT2D eigenvalue weighted by atomic mass is 32.7. The van der Waals surface area contributed by atoms with Crippen LogP contribution in [0.4, 0.5) is 0 Å². The van der Waals surface area contributed by atoms with Crippen LogP contribution in [-0.4, -0.2) is 11.5 Å². The van der Waals surface area contributed by atoms with Crippen LogP contribution in [0.3, 0.4) is 0 Å². The van der Waals surface area contributed by atoms with E-state index in [0.717, 1.165) is 6.42 Å². The van der Waals surface area contributed by atoms with E-state index in [1.165, 1.54) is 57.8 Å². The van der Waals surface area contributed by atoms with Crippen molar-refractivity contribution in [3.63, 3.8) is 0 Å². The number of hydrogen-bond acceptors (Lipinski definition) is 3. The van der Waals surface area contributed by atoms with E-state index in [4.69, 9.17) is 9.42 Å². The smallest absolute Gasteiger partial charge is 0.232 e. The van der Waals surface area contributed by atoms with Crippen LogP contribution in [0.25, 0.3) is 0 Å². The van der Waals surface area contributed by atoms with Crippen molar-refractivity contribution < 1.29 is 9.42 Å². The normalized spacial score (nSPS) is 12.9. The van der Waals surface area contributed by atoms with Gasteiger partial charge in [-0.25, -0.2) is 0 Å². The summed E-state index contributed by atoms with van der Waals surface area (Å²) in [6.45, 7) is 2.91. The first-order valence-electron chi connectivity index (χ1n) is 6.58. The first-order valence-corrected chi connectivity index (χ1v) is 8.94. The van der Waals surface area contributed by atoms with Crippen molar-refractivity contribution in [2.75, 3.05) is 6.61 Å². The third kappa shape index (κ3) is 14.7. The van der Waals surface area contributed by atoms with E-state index in [1.807, 2.05) is 0 Å². The molecule has 0 rings (SSSR count). The van der Waals surface area contributed by atoms with Gasteiger partial charge in [-0.15, -0.1) is 0 Å². The zero-order valence-electron chi connectivity index (χ0n) is 10.5. The van der Waals surface area contributed by atoms with E-state index >= 15 is 0 Å². The highest BCUT2D eigenvalue weighted by Gasteiger charge is 1.96. The molecule has 0 aliphatic rings. The van der Waals surface area contributed by atoms with Crippen LogP contribution >= 0.6 is 19.8 Å². The molecule has 1 atom stereocenters. The summed E-state index contributed by atoms with van der Waals surface area (Å²) in [5.74, 6) is 0. The Labute approximate surface area is 107 Å². The largest absolute Gasteiger partial charge is 0.342 e. The monoisotopic (exact) mass is 266 g/mol. The van der Waals surface area contributed by atoms with E-state index < -0.39 is 7.58 Å². The van der Waals surface area contributed by atoms with Gasteiger partial charge >= 0.3 is 0 Å². The van der Waals surface area contributed by atoms with Gasteiger partial charge in [-0.05, 0) is 6.42 Å². The van der Waals surface area contributed by atoms with Gasteiger partial charge in [0.1, 0.15) is 0 Å². The highest BCUT2D eigenvalue weighted by molar-refractivity contribution is 8.41. The zero-order valence-corrected chi connectivity index (χ0v) is 12.3. The minimum absolute atomic E-state index is 0.655. The molecule has 1 N–H and O–H groups in total. The van der Waals surface area contributed by atoms with Crippen molar-refractivity contribution in [3.8, 4) is 0 Å². The Morgan fingerprint density at radius 1 is 0.875 bits per heavy atom. The minimum atomic E-state index is -1.44. The van der Waals surface area contributed by atoms with Crippen molar-refractivity contribution >= 4 is 19.8 Å². The number of rotatable bonds is 12. The Morgan fingerprint density at radius 3 is 1.75 bits per heavy atom. The van der Waals surface area contributed by atoms with Crippen LogP contribution in [0.15, 0.2) is 0 Å². The molecule has 4 heteroatoms. The molecule has 0 saturated carbocycles. The molecule has 0 fully saturated rings. The van der Waals surface area contributed by atoms with Crippen molar-refractivity contribution in [1.29, 1.82) is 0 Å². The van der Waals surface area contributed by atoms with E-state index in [1.54, 1.807) is 0 Å². The lowest BCUT2D eigenvalue weighted by atomic mass is 10.1. The molecule has 16 heavy (non-hydrogen) atoms. The summed E-state index contributed by atoms with van der Waals surface area (Å²) in [5.41, 5.74) is 0. The summed E-state index contributed by atoms with van der Waals surface area (Å²) in [7, 11) is -1.44. The first kappa shape index (κ1) is 16.7. The van der Waals surface area contributed by atoms with Crippen LogP contribution in [0.1, 0.15) is 71.1 Å². The van der Waals surface area contributed by atoms with Gasteiger partial charge in [0.2, 0.25) is 7.58 Å². The summed E-state index contributed by atoms with van der Waals surface area (Å²) in [5, 5.41) is 0. The fraction of sp³-hybridized carbons (Fsp3) is 1.00. The Balaban J connectivity index is 2.88. The standard InChI is InChI=1S/C12H27O2PS/c1-2-3-4-5-6-7-8-9-10-11-12-14-15(13)16/h13,16H,2-12H2,1H3. The Kier molecular flexibility index (Phi) is 14.4. The molecule has 0 aromatic rings. The summed E-state index contributed by atoms with van der Waals surface area (Å²) < 4.78 is 5.00. The van der Waals surface area contributed by atoms with Crippen molar-refractivity contribution in [2.24, 2.45) is 0 Å². The van der Waals surface area contributed by atoms with Gasteiger partial charge < -0.3 is 9.42 Å². The average Bonchev–Trinajstić information content (AvgIpc) is 2.25. The Bertz CT molecular complexity index is 134. The van der Waals surface area contributed by atoms with Gasteiger partial charge in [0.15, 0.2) is 0 Å². The quantitative estimate of drug-likeness (QED) is 0.293. The second kappa shape index (κ2) is 13.8. The highest BCUT2D eigenvalue weighted by Crippen LogP contribution is 2.36. The molecule has 0 saturated heterocycles. The fourth-order valence-corrected chi connectivity index (χ4v) is 2.27. The molecule has 0 heterocycles. The molecule has 0 aliphatic carbocycles. The molecule has 0 bridgehead atoms. The Morgan fingerprint density at radius 2 is 1.31 bits per heavy atom. The van der Waals surface area contributed by atoms with E-state index in [9.17, 15) is 0 Å². The number of hydrogen-bond donors (Lipinski definition) is 2. The summed E-state index contributed by atoms with van der Waals surface area (Å²) in [6.07, 6.45) is 13.2. The molecule has 0 spiro atoms. The number of thiol groups is 1. The molecule has 0 aliphatic heterocycles. The molecular weight excluding hydrogens is 239 g/mol. The molecule has 1 unspecified atom stereocenters. The molecule has 0 amide bonds. The molecule has 98 valence electrons. The summed E-state index contributed by atoms with van der Waals surface area (Å²) in [4.78, 5) is 8.80. The third-order valence-corrected chi connectivity index (χ3v) is 3.46. The number of unbranched alkanes of at least 4 members (excludes halogenated alkanes) is 9. The maximum Gasteiger partial charge on any atom is 0.232 e. The van der Waals surface area contributed by atoms with Crippen LogP contribution in [0.5, 0.6) is 0 Å². The lowest BCUT2D eigenvalue weighted by Crippen LogP contribution is -1.88. The van der Waals surface area contributed by atoms with Crippen LogP contribution < -0.4 is 0 Å². The molecule has 0 radical (unpaired) electrons. The maximum absolute atomic E-state index is 8.80. The lowest BCUT2D eigenvalue weighted by molar-refractivity contribution is 0.309.